The fourth-order valence-corrected chi connectivity index (χ4v) is 10.3. The fraction of sp³-hybridized carbons (Fsp3) is 0.0308. The van der Waals surface area contributed by atoms with Gasteiger partial charge in [0.15, 0.2) is 17.5 Å². The molecule has 0 fully saturated rings. The van der Waals surface area contributed by atoms with E-state index < -0.39 is 0 Å². The standard InChI is InChI=1S/C65H44N4O/c1-41-28-29-46(38-55(41)52-33-30-45(36-42(52)2)47-31-34-59-56(39-47)54-24-12-13-26-58(54)69(59)51-22-10-5-11-23-51)48-32-35-60-57(40-48)62-53(25-15-27-61(62)70-60)49-20-14-21-50(37-49)65-67-63(43-16-6-3-7-17-43)66-64(68-65)44-18-8-4-9-19-44/h3-40H,1-2H3. The molecule has 0 saturated heterocycles. The molecule has 330 valence electrons. The Balaban J connectivity index is 0.855. The zero-order valence-electron chi connectivity index (χ0n) is 38.6. The molecular formula is C65H44N4O. The van der Waals surface area contributed by atoms with E-state index in [2.05, 4.69) is 188 Å². The first-order chi connectivity index (χ1) is 34.5. The molecule has 10 aromatic carbocycles. The molecule has 0 spiro atoms. The summed E-state index contributed by atoms with van der Waals surface area (Å²) in [6, 6.07) is 81.5. The van der Waals surface area contributed by atoms with Crippen LogP contribution in [0.4, 0.5) is 0 Å². The summed E-state index contributed by atoms with van der Waals surface area (Å²) in [6.45, 7) is 4.44. The second-order valence-electron chi connectivity index (χ2n) is 18.1. The van der Waals surface area contributed by atoms with E-state index >= 15 is 0 Å². The van der Waals surface area contributed by atoms with E-state index in [-0.39, 0.29) is 0 Å². The maximum Gasteiger partial charge on any atom is 0.164 e. The summed E-state index contributed by atoms with van der Waals surface area (Å²) in [5.74, 6) is 1.88. The van der Waals surface area contributed by atoms with Crippen LogP contribution in [0, 0.1) is 13.8 Å². The zero-order chi connectivity index (χ0) is 46.7. The lowest BCUT2D eigenvalue weighted by Gasteiger charge is -2.14. The van der Waals surface area contributed by atoms with Crippen molar-refractivity contribution in [3.8, 4) is 84.4 Å². The Bertz CT molecular complexity index is 4080. The molecule has 0 N–H and O–H groups in total. The molecule has 5 nitrogen and oxygen atoms in total. The Hall–Kier alpha value is -9.19. The minimum atomic E-state index is 0.617. The summed E-state index contributed by atoms with van der Waals surface area (Å²) in [6.07, 6.45) is 0. The van der Waals surface area contributed by atoms with Crippen LogP contribution in [-0.4, -0.2) is 19.5 Å². The fourth-order valence-electron chi connectivity index (χ4n) is 10.3. The largest absolute Gasteiger partial charge is 0.456 e. The lowest BCUT2D eigenvalue weighted by molar-refractivity contribution is 0.669. The van der Waals surface area contributed by atoms with Gasteiger partial charge in [-0.3, -0.25) is 0 Å². The van der Waals surface area contributed by atoms with Gasteiger partial charge in [-0.15, -0.1) is 0 Å². The van der Waals surface area contributed by atoms with Crippen molar-refractivity contribution in [1.82, 2.24) is 19.5 Å². The minimum absolute atomic E-state index is 0.617. The molecule has 0 saturated carbocycles. The second kappa shape index (κ2) is 16.8. The lowest BCUT2D eigenvalue weighted by Crippen LogP contribution is -2.00. The first kappa shape index (κ1) is 41.0. The molecule has 0 bridgehead atoms. The molecule has 0 aliphatic heterocycles. The predicted molar refractivity (Wildman–Crippen MR) is 289 cm³/mol. The Morgan fingerprint density at radius 2 is 0.871 bits per heavy atom. The van der Waals surface area contributed by atoms with Crippen molar-refractivity contribution in [2.75, 3.05) is 0 Å². The summed E-state index contributed by atoms with van der Waals surface area (Å²) in [7, 11) is 0. The molecule has 0 unspecified atom stereocenters. The third kappa shape index (κ3) is 7.15. The highest BCUT2D eigenvalue weighted by Crippen LogP contribution is 2.42. The number of aryl methyl sites for hydroxylation is 2. The number of para-hydroxylation sites is 2. The third-order valence-electron chi connectivity index (χ3n) is 13.7. The molecule has 3 heterocycles. The third-order valence-corrected chi connectivity index (χ3v) is 13.7. The van der Waals surface area contributed by atoms with Crippen LogP contribution in [-0.2, 0) is 0 Å². The Kier molecular flexibility index (Phi) is 9.88. The van der Waals surface area contributed by atoms with Gasteiger partial charge < -0.3 is 8.98 Å². The highest BCUT2D eigenvalue weighted by molar-refractivity contribution is 6.14. The van der Waals surface area contributed by atoms with Crippen molar-refractivity contribution in [1.29, 1.82) is 0 Å². The van der Waals surface area contributed by atoms with Gasteiger partial charge in [0.2, 0.25) is 0 Å². The van der Waals surface area contributed by atoms with Crippen molar-refractivity contribution < 1.29 is 4.42 Å². The molecule has 0 radical (unpaired) electrons. The Labute approximate surface area is 405 Å². The van der Waals surface area contributed by atoms with Crippen molar-refractivity contribution >= 4 is 43.7 Å². The maximum atomic E-state index is 6.56. The van der Waals surface area contributed by atoms with Crippen LogP contribution in [0.3, 0.4) is 0 Å². The summed E-state index contributed by atoms with van der Waals surface area (Å²) in [4.78, 5) is 15.0. The highest BCUT2D eigenvalue weighted by atomic mass is 16.3. The van der Waals surface area contributed by atoms with E-state index in [9.17, 15) is 0 Å². The van der Waals surface area contributed by atoms with Gasteiger partial charge in [-0.2, -0.15) is 0 Å². The van der Waals surface area contributed by atoms with Gasteiger partial charge in [0, 0.05) is 43.9 Å². The van der Waals surface area contributed by atoms with E-state index in [1.807, 2.05) is 60.7 Å². The molecule has 5 heteroatoms. The molecule has 0 atom stereocenters. The number of fused-ring (bicyclic) bond motifs is 6. The number of hydrogen-bond acceptors (Lipinski definition) is 4. The van der Waals surface area contributed by atoms with Crippen LogP contribution in [0.5, 0.6) is 0 Å². The quantitative estimate of drug-likeness (QED) is 0.152. The van der Waals surface area contributed by atoms with Crippen LogP contribution in [0.25, 0.3) is 128 Å². The monoisotopic (exact) mass is 896 g/mol. The number of rotatable bonds is 8. The van der Waals surface area contributed by atoms with Gasteiger partial charge >= 0.3 is 0 Å². The van der Waals surface area contributed by atoms with Gasteiger partial charge in [0.05, 0.1) is 11.0 Å². The van der Waals surface area contributed by atoms with E-state index in [0.717, 1.165) is 66.6 Å². The van der Waals surface area contributed by atoms with Crippen LogP contribution in [0.1, 0.15) is 11.1 Å². The van der Waals surface area contributed by atoms with Crippen LogP contribution >= 0.6 is 0 Å². The average Bonchev–Trinajstić information content (AvgIpc) is 3.97. The minimum Gasteiger partial charge on any atom is -0.456 e. The SMILES string of the molecule is Cc1cc(-c2ccc3c(c2)c2ccccc2n3-c2ccccc2)ccc1-c1cc(-c2ccc3oc4cccc(-c5cccc(-c6nc(-c7ccccc7)nc(-c7ccccc7)n6)c5)c4c3c2)ccc1C. The summed E-state index contributed by atoms with van der Waals surface area (Å²) in [5, 5.41) is 4.64. The number of aromatic nitrogens is 4. The van der Waals surface area contributed by atoms with Crippen molar-refractivity contribution in [2.24, 2.45) is 0 Å². The van der Waals surface area contributed by atoms with E-state index in [4.69, 9.17) is 19.4 Å². The molecule has 13 aromatic rings. The highest BCUT2D eigenvalue weighted by Gasteiger charge is 2.19. The van der Waals surface area contributed by atoms with Gasteiger partial charge in [-0.05, 0) is 130 Å². The van der Waals surface area contributed by atoms with E-state index in [1.165, 1.54) is 55.2 Å². The molecule has 0 aliphatic carbocycles. The molecule has 3 aromatic heterocycles. The zero-order valence-corrected chi connectivity index (χ0v) is 38.6. The summed E-state index contributed by atoms with van der Waals surface area (Å²) < 4.78 is 8.92. The number of furan rings is 1. The number of benzene rings is 10. The Morgan fingerprint density at radius 1 is 0.314 bits per heavy atom. The summed E-state index contributed by atoms with van der Waals surface area (Å²) >= 11 is 0. The number of hydrogen-bond donors (Lipinski definition) is 0. The topological polar surface area (TPSA) is 56.7 Å². The molecule has 70 heavy (non-hydrogen) atoms. The smallest absolute Gasteiger partial charge is 0.164 e. The maximum absolute atomic E-state index is 6.56. The predicted octanol–water partition coefficient (Wildman–Crippen LogP) is 17.2. The first-order valence-corrected chi connectivity index (χ1v) is 23.7. The van der Waals surface area contributed by atoms with Crippen molar-refractivity contribution in [3.63, 3.8) is 0 Å². The van der Waals surface area contributed by atoms with Crippen molar-refractivity contribution in [3.05, 3.63) is 242 Å². The van der Waals surface area contributed by atoms with Gasteiger partial charge in [0.25, 0.3) is 0 Å². The Morgan fingerprint density at radius 3 is 1.61 bits per heavy atom. The molecule has 0 amide bonds. The van der Waals surface area contributed by atoms with Crippen LogP contribution < -0.4 is 0 Å². The second-order valence-corrected chi connectivity index (χ2v) is 18.1. The number of nitrogens with zero attached hydrogens (tertiary/aromatic N) is 4. The van der Waals surface area contributed by atoms with Crippen LogP contribution in [0.15, 0.2) is 235 Å². The first-order valence-electron chi connectivity index (χ1n) is 23.7. The van der Waals surface area contributed by atoms with Crippen LogP contribution in [0.2, 0.25) is 0 Å². The van der Waals surface area contributed by atoms with Gasteiger partial charge in [-0.1, -0.05) is 170 Å². The average molecular weight is 897 g/mol. The lowest BCUT2D eigenvalue weighted by atomic mass is 9.90. The normalized spacial score (nSPS) is 11.6. The van der Waals surface area contributed by atoms with E-state index in [0.29, 0.717) is 17.5 Å². The molecule has 0 aliphatic rings. The van der Waals surface area contributed by atoms with E-state index in [1.54, 1.807) is 0 Å². The van der Waals surface area contributed by atoms with Crippen molar-refractivity contribution in [2.45, 2.75) is 13.8 Å². The summed E-state index contributed by atoms with van der Waals surface area (Å²) in [5.41, 5.74) is 19.8. The molecular weight excluding hydrogens is 853 g/mol. The van der Waals surface area contributed by atoms with Gasteiger partial charge in [0.1, 0.15) is 11.2 Å². The van der Waals surface area contributed by atoms with Gasteiger partial charge in [-0.25, -0.2) is 15.0 Å². The molecule has 13 rings (SSSR count).